The van der Waals surface area contributed by atoms with Gasteiger partial charge in [-0.15, -0.1) is 0 Å². The molecule has 0 unspecified atom stereocenters. The molecule has 0 bridgehead atoms. The molecule has 0 aliphatic carbocycles. The third-order valence-electron chi connectivity index (χ3n) is 3.69. The minimum absolute atomic E-state index is 0.0101. The molecule has 0 saturated carbocycles. The zero-order chi connectivity index (χ0) is 16.9. The van der Waals surface area contributed by atoms with Crippen LogP contribution in [0.1, 0.15) is 11.1 Å². The standard InChI is InChI=1S/C18H17FN2O3/c19-14-4-1-12(2-5-14)7-8-20-17(22)10-13-3-6-16-15(9-13)21-18(23)11-24-16/h1-6,9H,7-8,10-11H2,(H,20,22)(H,21,23). The normalized spacial score (nSPS) is 12.8. The number of amides is 2. The number of carbonyl (C=O) groups is 2. The molecule has 2 aromatic carbocycles. The van der Waals surface area contributed by atoms with Gasteiger partial charge in [-0.05, 0) is 41.8 Å². The van der Waals surface area contributed by atoms with E-state index in [1.807, 2.05) is 0 Å². The number of hydrogen-bond donors (Lipinski definition) is 2. The van der Waals surface area contributed by atoms with Crippen LogP contribution in [0.2, 0.25) is 0 Å². The fourth-order valence-corrected chi connectivity index (χ4v) is 2.49. The molecule has 124 valence electrons. The van der Waals surface area contributed by atoms with E-state index in [1.54, 1.807) is 30.3 Å². The molecule has 0 atom stereocenters. The van der Waals surface area contributed by atoms with Crippen LogP contribution in [0.3, 0.4) is 0 Å². The fraction of sp³-hybridized carbons (Fsp3) is 0.222. The Hall–Kier alpha value is -2.89. The summed E-state index contributed by atoms with van der Waals surface area (Å²) in [5.41, 5.74) is 2.34. The minimum Gasteiger partial charge on any atom is -0.482 e. The van der Waals surface area contributed by atoms with Crippen LogP contribution in [0.4, 0.5) is 10.1 Å². The number of anilines is 1. The first-order chi connectivity index (χ1) is 11.6. The van der Waals surface area contributed by atoms with Crippen molar-refractivity contribution in [1.29, 1.82) is 0 Å². The Morgan fingerprint density at radius 2 is 1.92 bits per heavy atom. The Morgan fingerprint density at radius 1 is 1.17 bits per heavy atom. The van der Waals surface area contributed by atoms with Crippen LogP contribution in [0, 0.1) is 5.82 Å². The fourth-order valence-electron chi connectivity index (χ4n) is 2.49. The van der Waals surface area contributed by atoms with E-state index in [9.17, 15) is 14.0 Å². The number of carbonyl (C=O) groups excluding carboxylic acids is 2. The maximum Gasteiger partial charge on any atom is 0.262 e. The molecule has 0 spiro atoms. The molecule has 1 aliphatic heterocycles. The smallest absolute Gasteiger partial charge is 0.262 e. The first-order valence-electron chi connectivity index (χ1n) is 7.67. The summed E-state index contributed by atoms with van der Waals surface area (Å²) in [6.07, 6.45) is 0.854. The van der Waals surface area contributed by atoms with Crippen molar-refractivity contribution in [2.24, 2.45) is 0 Å². The van der Waals surface area contributed by atoms with E-state index in [2.05, 4.69) is 10.6 Å². The molecular formula is C18H17FN2O3. The number of nitrogens with one attached hydrogen (secondary N) is 2. The molecule has 2 aromatic rings. The summed E-state index contributed by atoms with van der Waals surface area (Å²) in [4.78, 5) is 23.3. The van der Waals surface area contributed by atoms with Gasteiger partial charge in [-0.3, -0.25) is 9.59 Å². The van der Waals surface area contributed by atoms with E-state index in [0.29, 0.717) is 24.4 Å². The van der Waals surface area contributed by atoms with Crippen LogP contribution in [0.25, 0.3) is 0 Å². The van der Waals surface area contributed by atoms with E-state index in [-0.39, 0.29) is 30.7 Å². The summed E-state index contributed by atoms with van der Waals surface area (Å²) < 4.78 is 18.1. The van der Waals surface area contributed by atoms with Crippen LogP contribution in [0.15, 0.2) is 42.5 Å². The third-order valence-corrected chi connectivity index (χ3v) is 3.69. The molecule has 0 aromatic heterocycles. The van der Waals surface area contributed by atoms with Crippen molar-refractivity contribution in [3.8, 4) is 5.75 Å². The summed E-state index contributed by atoms with van der Waals surface area (Å²) in [5, 5.41) is 5.55. The average molecular weight is 328 g/mol. The molecule has 2 amide bonds. The number of hydrogen-bond acceptors (Lipinski definition) is 3. The zero-order valence-electron chi connectivity index (χ0n) is 13.0. The van der Waals surface area contributed by atoms with E-state index in [0.717, 1.165) is 11.1 Å². The SMILES string of the molecule is O=C(Cc1ccc2c(c1)NC(=O)CO2)NCCc1ccc(F)cc1. The summed E-state index contributed by atoms with van der Waals surface area (Å²) in [6.45, 7) is 0.492. The lowest BCUT2D eigenvalue weighted by molar-refractivity contribution is -0.120. The van der Waals surface area contributed by atoms with Gasteiger partial charge in [0.1, 0.15) is 11.6 Å². The van der Waals surface area contributed by atoms with Gasteiger partial charge in [0.2, 0.25) is 5.91 Å². The van der Waals surface area contributed by atoms with Crippen molar-refractivity contribution in [1.82, 2.24) is 5.32 Å². The molecule has 3 rings (SSSR count). The highest BCUT2D eigenvalue weighted by Crippen LogP contribution is 2.28. The van der Waals surface area contributed by atoms with Crippen molar-refractivity contribution >= 4 is 17.5 Å². The molecule has 1 aliphatic rings. The quantitative estimate of drug-likeness (QED) is 0.883. The lowest BCUT2D eigenvalue weighted by atomic mass is 10.1. The first-order valence-corrected chi connectivity index (χ1v) is 7.67. The molecule has 24 heavy (non-hydrogen) atoms. The molecule has 0 fully saturated rings. The molecule has 1 heterocycles. The van der Waals surface area contributed by atoms with Gasteiger partial charge in [-0.2, -0.15) is 0 Å². The molecule has 2 N–H and O–H groups in total. The van der Waals surface area contributed by atoms with E-state index in [1.165, 1.54) is 12.1 Å². The lowest BCUT2D eigenvalue weighted by Gasteiger charge is -2.18. The average Bonchev–Trinajstić information content (AvgIpc) is 2.56. The number of rotatable bonds is 5. The molecule has 5 nitrogen and oxygen atoms in total. The van der Waals surface area contributed by atoms with Gasteiger partial charge < -0.3 is 15.4 Å². The first kappa shape index (κ1) is 16.0. The van der Waals surface area contributed by atoms with E-state index < -0.39 is 0 Å². The van der Waals surface area contributed by atoms with Crippen molar-refractivity contribution in [3.63, 3.8) is 0 Å². The summed E-state index contributed by atoms with van der Waals surface area (Å²) in [5.74, 6) is 0.0184. The maximum atomic E-state index is 12.8. The Bertz CT molecular complexity index is 759. The van der Waals surface area contributed by atoms with Crippen molar-refractivity contribution in [3.05, 3.63) is 59.4 Å². The van der Waals surface area contributed by atoms with Gasteiger partial charge in [-0.1, -0.05) is 18.2 Å². The second-order valence-electron chi connectivity index (χ2n) is 5.57. The highest BCUT2D eigenvalue weighted by atomic mass is 19.1. The number of ether oxygens (including phenoxy) is 1. The van der Waals surface area contributed by atoms with Crippen LogP contribution in [0.5, 0.6) is 5.75 Å². The second kappa shape index (κ2) is 7.12. The molecule has 0 radical (unpaired) electrons. The monoisotopic (exact) mass is 328 g/mol. The van der Waals surface area contributed by atoms with Gasteiger partial charge in [0, 0.05) is 6.54 Å². The zero-order valence-corrected chi connectivity index (χ0v) is 13.0. The van der Waals surface area contributed by atoms with Gasteiger partial charge in [0.25, 0.3) is 5.91 Å². The van der Waals surface area contributed by atoms with Crippen molar-refractivity contribution in [2.45, 2.75) is 12.8 Å². The lowest BCUT2D eigenvalue weighted by Crippen LogP contribution is -2.28. The van der Waals surface area contributed by atoms with Crippen LogP contribution >= 0.6 is 0 Å². The molecule has 6 heteroatoms. The van der Waals surface area contributed by atoms with Gasteiger partial charge >= 0.3 is 0 Å². The number of halogens is 1. The van der Waals surface area contributed by atoms with Crippen LogP contribution in [-0.2, 0) is 22.4 Å². The number of fused-ring (bicyclic) bond motifs is 1. The third kappa shape index (κ3) is 4.10. The second-order valence-corrected chi connectivity index (χ2v) is 5.57. The van der Waals surface area contributed by atoms with Gasteiger partial charge in [0.15, 0.2) is 6.61 Å². The Balaban J connectivity index is 1.50. The largest absolute Gasteiger partial charge is 0.482 e. The summed E-state index contributed by atoms with van der Waals surface area (Å²) in [6, 6.07) is 11.5. The van der Waals surface area contributed by atoms with E-state index in [4.69, 9.17) is 4.74 Å². The summed E-state index contributed by atoms with van der Waals surface area (Å²) >= 11 is 0. The van der Waals surface area contributed by atoms with Crippen LogP contribution in [-0.4, -0.2) is 25.0 Å². The highest BCUT2D eigenvalue weighted by molar-refractivity contribution is 5.95. The number of benzene rings is 2. The minimum atomic E-state index is -0.272. The Morgan fingerprint density at radius 3 is 2.71 bits per heavy atom. The Kier molecular flexibility index (Phi) is 4.74. The van der Waals surface area contributed by atoms with E-state index >= 15 is 0 Å². The predicted octanol–water partition coefficient (Wildman–Crippen LogP) is 2.06. The highest BCUT2D eigenvalue weighted by Gasteiger charge is 2.16. The summed E-state index contributed by atoms with van der Waals surface area (Å²) in [7, 11) is 0. The van der Waals surface area contributed by atoms with Crippen LogP contribution < -0.4 is 15.4 Å². The van der Waals surface area contributed by atoms with Gasteiger partial charge in [0.05, 0.1) is 12.1 Å². The Labute approximate surface area is 138 Å². The van der Waals surface area contributed by atoms with Crippen molar-refractivity contribution < 1.29 is 18.7 Å². The van der Waals surface area contributed by atoms with Crippen molar-refractivity contribution in [2.75, 3.05) is 18.5 Å². The van der Waals surface area contributed by atoms with Gasteiger partial charge in [-0.25, -0.2) is 4.39 Å². The predicted molar refractivity (Wildman–Crippen MR) is 87.4 cm³/mol. The molecular weight excluding hydrogens is 311 g/mol. The topological polar surface area (TPSA) is 67.4 Å². The molecule has 0 saturated heterocycles. The maximum absolute atomic E-state index is 12.8.